The molecule has 0 bridgehead atoms. The molecule has 1 heterocycles. The molecule has 0 amide bonds. The second-order valence-electron chi connectivity index (χ2n) is 4.56. The van der Waals surface area contributed by atoms with Gasteiger partial charge in [-0.25, -0.2) is 4.79 Å². The highest BCUT2D eigenvalue weighted by atomic mass is 16.5. The van der Waals surface area contributed by atoms with Crippen molar-refractivity contribution in [2.75, 3.05) is 13.2 Å². The SMILES string of the molecule is C=C(C)C(=O)OCCc1ccc(C2CCO2)cc1. The van der Waals surface area contributed by atoms with Crippen LogP contribution in [0.1, 0.15) is 30.6 Å². The molecule has 1 saturated heterocycles. The molecule has 96 valence electrons. The summed E-state index contributed by atoms with van der Waals surface area (Å²) >= 11 is 0. The Morgan fingerprint density at radius 3 is 2.61 bits per heavy atom. The van der Waals surface area contributed by atoms with Crippen LogP contribution in [0.5, 0.6) is 0 Å². The van der Waals surface area contributed by atoms with Crippen molar-refractivity contribution >= 4 is 5.97 Å². The standard InChI is InChI=1S/C15H18O3/c1-11(2)15(16)18-9-7-12-3-5-13(6-4-12)14-8-10-17-14/h3-6,14H,1,7-10H2,2H3. The van der Waals surface area contributed by atoms with E-state index in [0.29, 0.717) is 12.2 Å². The molecular weight excluding hydrogens is 228 g/mol. The molecule has 1 unspecified atom stereocenters. The monoisotopic (exact) mass is 246 g/mol. The van der Waals surface area contributed by atoms with Crippen LogP contribution in [0.4, 0.5) is 0 Å². The van der Waals surface area contributed by atoms with E-state index in [4.69, 9.17) is 9.47 Å². The van der Waals surface area contributed by atoms with Gasteiger partial charge in [0.15, 0.2) is 0 Å². The van der Waals surface area contributed by atoms with Crippen LogP contribution in [0.15, 0.2) is 36.4 Å². The molecule has 1 aromatic rings. The average molecular weight is 246 g/mol. The molecule has 1 fully saturated rings. The van der Waals surface area contributed by atoms with Gasteiger partial charge in [0.2, 0.25) is 0 Å². The van der Waals surface area contributed by atoms with Gasteiger partial charge in [-0.3, -0.25) is 0 Å². The maximum atomic E-state index is 11.2. The van der Waals surface area contributed by atoms with Crippen LogP contribution in [0, 0.1) is 0 Å². The lowest BCUT2D eigenvalue weighted by molar-refractivity contribution is -0.138. The molecule has 3 heteroatoms. The summed E-state index contributed by atoms with van der Waals surface area (Å²) < 4.78 is 10.5. The van der Waals surface area contributed by atoms with Gasteiger partial charge in [0.25, 0.3) is 0 Å². The third kappa shape index (κ3) is 3.20. The summed E-state index contributed by atoms with van der Waals surface area (Å²) in [6, 6.07) is 8.29. The predicted octanol–water partition coefficient (Wildman–Crippen LogP) is 2.81. The van der Waals surface area contributed by atoms with Gasteiger partial charge >= 0.3 is 5.97 Å². The van der Waals surface area contributed by atoms with Crippen LogP contribution < -0.4 is 0 Å². The Labute approximate surface area is 107 Å². The Bertz CT molecular complexity index is 430. The Hall–Kier alpha value is -1.61. The van der Waals surface area contributed by atoms with Gasteiger partial charge in [0, 0.05) is 18.4 Å². The van der Waals surface area contributed by atoms with Crippen molar-refractivity contribution in [3.05, 3.63) is 47.5 Å². The third-order valence-corrected chi connectivity index (χ3v) is 3.02. The molecule has 2 rings (SSSR count). The number of carbonyl (C=O) groups is 1. The highest BCUT2D eigenvalue weighted by molar-refractivity contribution is 5.86. The second-order valence-corrected chi connectivity index (χ2v) is 4.56. The zero-order valence-electron chi connectivity index (χ0n) is 10.6. The second kappa shape index (κ2) is 5.83. The van der Waals surface area contributed by atoms with Crippen molar-refractivity contribution in [1.29, 1.82) is 0 Å². The van der Waals surface area contributed by atoms with Crippen molar-refractivity contribution in [3.63, 3.8) is 0 Å². The zero-order chi connectivity index (χ0) is 13.0. The van der Waals surface area contributed by atoms with Crippen molar-refractivity contribution < 1.29 is 14.3 Å². The number of hydrogen-bond acceptors (Lipinski definition) is 3. The highest BCUT2D eigenvalue weighted by Gasteiger charge is 2.19. The largest absolute Gasteiger partial charge is 0.462 e. The van der Waals surface area contributed by atoms with Crippen LogP contribution in [0.3, 0.4) is 0 Å². The summed E-state index contributed by atoms with van der Waals surface area (Å²) in [7, 11) is 0. The Balaban J connectivity index is 1.79. The van der Waals surface area contributed by atoms with E-state index < -0.39 is 0 Å². The maximum absolute atomic E-state index is 11.2. The summed E-state index contributed by atoms with van der Waals surface area (Å²) in [5.41, 5.74) is 2.82. The molecule has 0 aliphatic carbocycles. The fourth-order valence-corrected chi connectivity index (χ4v) is 1.78. The summed E-state index contributed by atoms with van der Waals surface area (Å²) in [5, 5.41) is 0. The summed E-state index contributed by atoms with van der Waals surface area (Å²) in [4.78, 5) is 11.2. The minimum absolute atomic E-state index is 0.278. The molecule has 0 saturated carbocycles. The molecule has 1 aliphatic rings. The number of carbonyl (C=O) groups excluding carboxylic acids is 1. The first-order valence-corrected chi connectivity index (χ1v) is 6.20. The molecule has 3 nitrogen and oxygen atoms in total. The highest BCUT2D eigenvalue weighted by Crippen LogP contribution is 2.29. The molecule has 0 spiro atoms. The minimum atomic E-state index is -0.325. The van der Waals surface area contributed by atoms with Crippen LogP contribution in [0.25, 0.3) is 0 Å². The van der Waals surface area contributed by atoms with Crippen molar-refractivity contribution in [3.8, 4) is 0 Å². The first kappa shape index (κ1) is 12.8. The lowest BCUT2D eigenvalue weighted by Gasteiger charge is -2.26. The zero-order valence-corrected chi connectivity index (χ0v) is 10.6. The lowest BCUT2D eigenvalue weighted by atomic mass is 10.0. The molecule has 1 aromatic carbocycles. The molecule has 0 aromatic heterocycles. The van der Waals surface area contributed by atoms with Gasteiger partial charge in [0.1, 0.15) is 0 Å². The topological polar surface area (TPSA) is 35.5 Å². The first-order chi connectivity index (χ1) is 8.66. The fraction of sp³-hybridized carbons (Fsp3) is 0.400. The smallest absolute Gasteiger partial charge is 0.333 e. The van der Waals surface area contributed by atoms with Gasteiger partial charge in [-0.2, -0.15) is 0 Å². The van der Waals surface area contributed by atoms with E-state index in [1.807, 2.05) is 0 Å². The van der Waals surface area contributed by atoms with E-state index >= 15 is 0 Å². The number of esters is 1. The minimum Gasteiger partial charge on any atom is -0.462 e. The van der Waals surface area contributed by atoms with Gasteiger partial charge in [-0.05, 0) is 18.1 Å². The van der Waals surface area contributed by atoms with Crippen LogP contribution in [0.2, 0.25) is 0 Å². The van der Waals surface area contributed by atoms with Gasteiger partial charge in [-0.1, -0.05) is 30.8 Å². The predicted molar refractivity (Wildman–Crippen MR) is 69.2 cm³/mol. The van der Waals surface area contributed by atoms with Crippen LogP contribution in [-0.4, -0.2) is 19.2 Å². The molecule has 1 aliphatic heterocycles. The average Bonchev–Trinajstić information content (AvgIpc) is 2.29. The summed E-state index contributed by atoms with van der Waals surface area (Å²) in [6.07, 6.45) is 2.11. The lowest BCUT2D eigenvalue weighted by Crippen LogP contribution is -2.18. The normalized spacial score (nSPS) is 17.9. The molecule has 18 heavy (non-hydrogen) atoms. The summed E-state index contributed by atoms with van der Waals surface area (Å²) in [6.45, 7) is 6.45. The summed E-state index contributed by atoms with van der Waals surface area (Å²) in [5.74, 6) is -0.325. The van der Waals surface area contributed by atoms with E-state index in [0.717, 1.165) is 25.0 Å². The number of ether oxygens (including phenoxy) is 2. The van der Waals surface area contributed by atoms with Crippen molar-refractivity contribution in [2.24, 2.45) is 0 Å². The Kier molecular flexibility index (Phi) is 4.15. The number of rotatable bonds is 5. The van der Waals surface area contributed by atoms with E-state index in [2.05, 4.69) is 30.8 Å². The van der Waals surface area contributed by atoms with Crippen molar-refractivity contribution in [2.45, 2.75) is 25.9 Å². The third-order valence-electron chi connectivity index (χ3n) is 3.02. The number of hydrogen-bond donors (Lipinski definition) is 0. The molecule has 1 atom stereocenters. The van der Waals surface area contributed by atoms with Crippen molar-refractivity contribution in [1.82, 2.24) is 0 Å². The first-order valence-electron chi connectivity index (χ1n) is 6.20. The van der Waals surface area contributed by atoms with Crippen LogP contribution >= 0.6 is 0 Å². The number of benzene rings is 1. The quantitative estimate of drug-likeness (QED) is 0.592. The van der Waals surface area contributed by atoms with Gasteiger partial charge in [-0.15, -0.1) is 0 Å². The van der Waals surface area contributed by atoms with E-state index in [9.17, 15) is 4.79 Å². The van der Waals surface area contributed by atoms with Crippen LogP contribution in [-0.2, 0) is 20.7 Å². The van der Waals surface area contributed by atoms with Gasteiger partial charge < -0.3 is 9.47 Å². The fourth-order valence-electron chi connectivity index (χ4n) is 1.78. The molecule has 0 radical (unpaired) electrons. The Morgan fingerprint density at radius 1 is 1.44 bits per heavy atom. The maximum Gasteiger partial charge on any atom is 0.333 e. The van der Waals surface area contributed by atoms with E-state index in [1.165, 1.54) is 5.56 Å². The van der Waals surface area contributed by atoms with E-state index in [1.54, 1.807) is 6.92 Å². The Morgan fingerprint density at radius 2 is 2.11 bits per heavy atom. The molecule has 0 N–H and O–H groups in total. The molecular formula is C15H18O3. The van der Waals surface area contributed by atoms with E-state index in [-0.39, 0.29) is 12.1 Å². The van der Waals surface area contributed by atoms with Gasteiger partial charge in [0.05, 0.1) is 19.3 Å².